The molecule has 170 valence electrons. The summed E-state index contributed by atoms with van der Waals surface area (Å²) in [6.45, 7) is 5.03. The van der Waals surface area contributed by atoms with Crippen molar-refractivity contribution in [3.63, 3.8) is 0 Å². The quantitative estimate of drug-likeness (QED) is 0.379. The van der Waals surface area contributed by atoms with E-state index in [1.165, 1.54) is 12.1 Å². The van der Waals surface area contributed by atoms with Gasteiger partial charge in [-0.3, -0.25) is 19.7 Å². The van der Waals surface area contributed by atoms with Gasteiger partial charge in [0.2, 0.25) is 0 Å². The van der Waals surface area contributed by atoms with E-state index in [4.69, 9.17) is 21.1 Å². The summed E-state index contributed by atoms with van der Waals surface area (Å²) >= 11 is 6.76. The molecular formula is C20H20ClN3O7S. The predicted octanol–water partition coefficient (Wildman–Crippen LogP) is 3.52. The van der Waals surface area contributed by atoms with Crippen molar-refractivity contribution in [3.05, 3.63) is 54.9 Å². The second kappa shape index (κ2) is 10.1. The minimum atomic E-state index is -0.697. The molecule has 0 aliphatic carbocycles. The molecule has 2 heterocycles. The Hall–Kier alpha value is -3.02. The number of nitrogens with zero attached hydrogens (tertiary/aromatic N) is 2. The first kappa shape index (κ1) is 23.6. The molecule has 1 fully saturated rings. The van der Waals surface area contributed by atoms with Gasteiger partial charge in [0, 0.05) is 24.7 Å². The Labute approximate surface area is 192 Å². The SMILES string of the molecule is CCOC(=O)c1c(NC(=O)c2ccc(Cl)c([N+](=O)[O-])c2)sc(C(=O)N2CCOCC2)c1C. The summed E-state index contributed by atoms with van der Waals surface area (Å²) in [6.07, 6.45) is 0. The molecule has 32 heavy (non-hydrogen) atoms. The van der Waals surface area contributed by atoms with Crippen LogP contribution in [0.3, 0.4) is 0 Å². The summed E-state index contributed by atoms with van der Waals surface area (Å²) in [4.78, 5) is 50.7. The van der Waals surface area contributed by atoms with Gasteiger partial charge in [0.05, 0.1) is 35.2 Å². The van der Waals surface area contributed by atoms with Crippen LogP contribution >= 0.6 is 22.9 Å². The molecule has 1 aliphatic rings. The summed E-state index contributed by atoms with van der Waals surface area (Å²) in [5.74, 6) is -1.65. The third-order valence-corrected chi connectivity index (χ3v) is 6.27. The van der Waals surface area contributed by atoms with Gasteiger partial charge in [0.25, 0.3) is 17.5 Å². The van der Waals surface area contributed by atoms with Crippen LogP contribution in [-0.2, 0) is 9.47 Å². The first-order chi connectivity index (χ1) is 15.2. The van der Waals surface area contributed by atoms with Crippen LogP contribution in [0, 0.1) is 17.0 Å². The molecule has 1 aliphatic heterocycles. The van der Waals surface area contributed by atoms with Gasteiger partial charge in [0.15, 0.2) is 0 Å². The average molecular weight is 482 g/mol. The molecule has 1 saturated heterocycles. The van der Waals surface area contributed by atoms with Crippen LogP contribution in [-0.4, -0.2) is 60.5 Å². The Bertz CT molecular complexity index is 1080. The highest BCUT2D eigenvalue weighted by atomic mass is 35.5. The maximum Gasteiger partial charge on any atom is 0.341 e. The number of anilines is 1. The van der Waals surface area contributed by atoms with Crippen molar-refractivity contribution in [3.8, 4) is 0 Å². The molecule has 0 spiro atoms. The number of carbonyl (C=O) groups is 3. The number of halogens is 1. The van der Waals surface area contributed by atoms with Crippen molar-refractivity contribution >= 4 is 51.4 Å². The number of nitro groups is 1. The van der Waals surface area contributed by atoms with E-state index in [2.05, 4.69) is 5.32 Å². The van der Waals surface area contributed by atoms with Crippen molar-refractivity contribution in [2.45, 2.75) is 13.8 Å². The molecule has 2 amide bonds. The Morgan fingerprint density at radius 1 is 1.31 bits per heavy atom. The summed E-state index contributed by atoms with van der Waals surface area (Å²) in [7, 11) is 0. The van der Waals surface area contributed by atoms with Crippen LogP contribution in [0.5, 0.6) is 0 Å². The third kappa shape index (κ3) is 4.90. The summed E-state index contributed by atoms with van der Waals surface area (Å²) in [5.41, 5.74) is 0.0195. The minimum absolute atomic E-state index is 0.0250. The lowest BCUT2D eigenvalue weighted by Crippen LogP contribution is -2.40. The number of hydrogen-bond donors (Lipinski definition) is 1. The number of nitrogens with one attached hydrogen (secondary N) is 1. The lowest BCUT2D eigenvalue weighted by Gasteiger charge is -2.26. The van der Waals surface area contributed by atoms with Gasteiger partial charge >= 0.3 is 5.97 Å². The molecule has 1 aromatic heterocycles. The largest absolute Gasteiger partial charge is 0.462 e. The molecule has 0 unspecified atom stereocenters. The van der Waals surface area contributed by atoms with E-state index in [1.54, 1.807) is 18.7 Å². The van der Waals surface area contributed by atoms with E-state index in [1.807, 2.05) is 0 Å². The van der Waals surface area contributed by atoms with Crippen molar-refractivity contribution in [2.24, 2.45) is 0 Å². The smallest absolute Gasteiger partial charge is 0.341 e. The van der Waals surface area contributed by atoms with E-state index in [0.717, 1.165) is 17.4 Å². The topological polar surface area (TPSA) is 128 Å². The zero-order chi connectivity index (χ0) is 23.4. The lowest BCUT2D eigenvalue weighted by atomic mass is 10.1. The molecule has 0 bridgehead atoms. The van der Waals surface area contributed by atoms with Crippen molar-refractivity contribution in [1.82, 2.24) is 4.90 Å². The van der Waals surface area contributed by atoms with Gasteiger partial charge in [0.1, 0.15) is 10.0 Å². The minimum Gasteiger partial charge on any atom is -0.462 e. The number of morpholine rings is 1. The predicted molar refractivity (Wildman–Crippen MR) is 118 cm³/mol. The standard InChI is InChI=1S/C20H20ClN3O7S/c1-3-31-20(27)15-11(2)16(19(26)23-6-8-30-9-7-23)32-18(15)22-17(25)12-4-5-13(21)14(10-12)24(28)29/h4-5,10H,3,6-9H2,1-2H3,(H,22,25). The fourth-order valence-corrected chi connectivity index (χ4v) is 4.48. The number of hydrogen-bond acceptors (Lipinski definition) is 8. The Morgan fingerprint density at radius 2 is 2.00 bits per heavy atom. The van der Waals surface area contributed by atoms with Crippen LogP contribution in [0.4, 0.5) is 10.7 Å². The highest BCUT2D eigenvalue weighted by Gasteiger charge is 2.30. The second-order valence-electron chi connectivity index (χ2n) is 6.76. The average Bonchev–Trinajstić information content (AvgIpc) is 3.09. The molecular weight excluding hydrogens is 462 g/mol. The van der Waals surface area contributed by atoms with E-state index in [9.17, 15) is 24.5 Å². The van der Waals surface area contributed by atoms with Crippen LogP contribution in [0.1, 0.15) is 42.9 Å². The van der Waals surface area contributed by atoms with E-state index >= 15 is 0 Å². The zero-order valence-electron chi connectivity index (χ0n) is 17.3. The summed E-state index contributed by atoms with van der Waals surface area (Å²) in [5, 5.41) is 13.7. The van der Waals surface area contributed by atoms with Gasteiger partial charge in [-0.25, -0.2) is 4.79 Å². The monoisotopic (exact) mass is 481 g/mol. The number of rotatable bonds is 6. The number of nitro benzene ring substituents is 1. The fourth-order valence-electron chi connectivity index (χ4n) is 3.13. The van der Waals surface area contributed by atoms with E-state index in [-0.39, 0.29) is 33.7 Å². The summed E-state index contributed by atoms with van der Waals surface area (Å²) < 4.78 is 10.4. The molecule has 0 saturated carbocycles. The van der Waals surface area contributed by atoms with Crippen LogP contribution in [0.25, 0.3) is 0 Å². The number of ether oxygens (including phenoxy) is 2. The molecule has 10 nitrogen and oxygen atoms in total. The molecule has 12 heteroatoms. The van der Waals surface area contributed by atoms with Crippen molar-refractivity contribution in [2.75, 3.05) is 38.2 Å². The zero-order valence-corrected chi connectivity index (χ0v) is 18.9. The first-order valence-corrected chi connectivity index (χ1v) is 10.9. The van der Waals surface area contributed by atoms with Gasteiger partial charge in [-0.15, -0.1) is 11.3 Å². The summed E-state index contributed by atoms with van der Waals surface area (Å²) in [6, 6.07) is 3.62. The highest BCUT2D eigenvalue weighted by molar-refractivity contribution is 7.18. The molecule has 0 radical (unpaired) electrons. The second-order valence-corrected chi connectivity index (χ2v) is 8.19. The lowest BCUT2D eigenvalue weighted by molar-refractivity contribution is -0.384. The molecule has 1 aromatic carbocycles. The maximum atomic E-state index is 13.0. The van der Waals surface area contributed by atoms with Crippen LogP contribution in [0.2, 0.25) is 5.02 Å². The van der Waals surface area contributed by atoms with Crippen LogP contribution < -0.4 is 5.32 Å². The number of amides is 2. The molecule has 3 rings (SSSR count). The number of benzene rings is 1. The van der Waals surface area contributed by atoms with Crippen LogP contribution in [0.15, 0.2) is 18.2 Å². The molecule has 0 atom stereocenters. The van der Waals surface area contributed by atoms with E-state index in [0.29, 0.717) is 36.7 Å². The maximum absolute atomic E-state index is 13.0. The molecule has 2 aromatic rings. The van der Waals surface area contributed by atoms with Gasteiger partial charge < -0.3 is 19.7 Å². The Balaban J connectivity index is 1.96. The van der Waals surface area contributed by atoms with E-state index < -0.39 is 22.5 Å². The fraction of sp³-hybridized carbons (Fsp3) is 0.350. The Morgan fingerprint density at radius 3 is 2.62 bits per heavy atom. The normalized spacial score (nSPS) is 13.5. The number of thiophene rings is 1. The number of carbonyl (C=O) groups excluding carboxylic acids is 3. The first-order valence-electron chi connectivity index (χ1n) is 9.67. The Kier molecular flexibility index (Phi) is 7.44. The van der Waals surface area contributed by atoms with Crippen molar-refractivity contribution in [1.29, 1.82) is 0 Å². The van der Waals surface area contributed by atoms with Gasteiger partial charge in [-0.1, -0.05) is 11.6 Å². The number of esters is 1. The highest BCUT2D eigenvalue weighted by Crippen LogP contribution is 2.35. The van der Waals surface area contributed by atoms with Gasteiger partial charge in [-0.05, 0) is 31.5 Å². The van der Waals surface area contributed by atoms with Crippen molar-refractivity contribution < 1.29 is 28.8 Å². The molecule has 1 N–H and O–H groups in total. The third-order valence-electron chi connectivity index (χ3n) is 4.75. The van der Waals surface area contributed by atoms with Gasteiger partial charge in [-0.2, -0.15) is 0 Å².